The summed E-state index contributed by atoms with van der Waals surface area (Å²) in [5, 5.41) is 4.17. The summed E-state index contributed by atoms with van der Waals surface area (Å²) < 4.78 is 0. The number of hydrogen-bond donors (Lipinski definition) is 2. The van der Waals surface area contributed by atoms with Crippen molar-refractivity contribution in [3.05, 3.63) is 54.0 Å². The third kappa shape index (κ3) is 4.75. The number of nitrogens with one attached hydrogen (secondary N) is 2. The number of aromatic nitrogens is 3. The molecule has 0 saturated carbocycles. The third-order valence-electron chi connectivity index (χ3n) is 6.94. The molecule has 2 aromatic heterocycles. The van der Waals surface area contributed by atoms with E-state index in [9.17, 15) is 9.59 Å². The van der Waals surface area contributed by atoms with Crippen molar-refractivity contribution in [2.75, 3.05) is 50.7 Å². The van der Waals surface area contributed by atoms with Crippen LogP contribution in [0.5, 0.6) is 0 Å². The smallest absolute Gasteiger partial charge is 0.251 e. The standard InChI is InChI=1S/C25H31N7O2/c1-18-4-2-3-5-20(18)25(34)29-19-7-10-31(11-8-19)22(33)16-30-12-14-32(15-13-30)24-21-6-9-26-23(21)27-17-28-24/h2-6,9,17,19H,7-8,10-16H2,1H3,(H,29,34)(H,26,27,28). The maximum absolute atomic E-state index is 12.9. The fraction of sp³-hybridized carbons (Fsp3) is 0.440. The lowest BCUT2D eigenvalue weighted by Crippen LogP contribution is -2.52. The SMILES string of the molecule is Cc1ccccc1C(=O)NC1CCN(C(=O)CN2CCN(c3ncnc4[nH]ccc34)CC2)CC1. The minimum absolute atomic E-state index is 0.0265. The molecule has 9 heteroatoms. The van der Waals surface area contributed by atoms with Crippen LogP contribution >= 0.6 is 0 Å². The molecule has 2 aliphatic heterocycles. The van der Waals surface area contributed by atoms with Gasteiger partial charge in [-0.15, -0.1) is 0 Å². The number of likely N-dealkylation sites (tertiary alicyclic amines) is 1. The van der Waals surface area contributed by atoms with E-state index in [0.717, 1.165) is 67.0 Å². The second kappa shape index (κ2) is 9.80. The molecule has 34 heavy (non-hydrogen) atoms. The van der Waals surface area contributed by atoms with Crippen molar-refractivity contribution in [2.24, 2.45) is 0 Å². The van der Waals surface area contributed by atoms with Crippen LogP contribution in [0.4, 0.5) is 5.82 Å². The second-order valence-electron chi connectivity index (χ2n) is 9.14. The number of amides is 2. The maximum atomic E-state index is 12.9. The van der Waals surface area contributed by atoms with Crippen LogP contribution in [0.3, 0.4) is 0 Å². The first kappa shape index (κ1) is 22.3. The van der Waals surface area contributed by atoms with Gasteiger partial charge in [0.05, 0.1) is 11.9 Å². The Bertz CT molecular complexity index is 1160. The van der Waals surface area contributed by atoms with Crippen LogP contribution in [0.1, 0.15) is 28.8 Å². The van der Waals surface area contributed by atoms with E-state index < -0.39 is 0 Å². The van der Waals surface area contributed by atoms with E-state index in [2.05, 4.69) is 30.1 Å². The van der Waals surface area contributed by atoms with Crippen LogP contribution in [0.25, 0.3) is 11.0 Å². The van der Waals surface area contributed by atoms with E-state index in [0.29, 0.717) is 19.6 Å². The van der Waals surface area contributed by atoms with Crippen molar-refractivity contribution < 1.29 is 9.59 Å². The fourth-order valence-corrected chi connectivity index (χ4v) is 4.88. The van der Waals surface area contributed by atoms with Gasteiger partial charge in [0, 0.05) is 57.1 Å². The lowest BCUT2D eigenvalue weighted by Gasteiger charge is -2.37. The molecular formula is C25H31N7O2. The molecular weight excluding hydrogens is 430 g/mol. The van der Waals surface area contributed by atoms with Gasteiger partial charge in [0.25, 0.3) is 5.91 Å². The van der Waals surface area contributed by atoms with Crippen molar-refractivity contribution in [1.29, 1.82) is 0 Å². The zero-order valence-electron chi connectivity index (χ0n) is 19.5. The monoisotopic (exact) mass is 461 g/mol. The highest BCUT2D eigenvalue weighted by Crippen LogP contribution is 2.23. The van der Waals surface area contributed by atoms with Crippen LogP contribution in [0, 0.1) is 6.92 Å². The largest absolute Gasteiger partial charge is 0.353 e. The Morgan fingerprint density at radius 2 is 1.79 bits per heavy atom. The molecule has 2 amide bonds. The zero-order valence-corrected chi connectivity index (χ0v) is 19.5. The number of rotatable bonds is 5. The summed E-state index contributed by atoms with van der Waals surface area (Å²) in [6.07, 6.45) is 5.06. The van der Waals surface area contributed by atoms with Gasteiger partial charge in [-0.1, -0.05) is 18.2 Å². The molecule has 0 atom stereocenters. The molecule has 0 unspecified atom stereocenters. The highest BCUT2D eigenvalue weighted by atomic mass is 16.2. The molecule has 2 saturated heterocycles. The first-order chi connectivity index (χ1) is 16.6. The fourth-order valence-electron chi connectivity index (χ4n) is 4.88. The molecule has 178 valence electrons. The first-order valence-electron chi connectivity index (χ1n) is 12.0. The van der Waals surface area contributed by atoms with E-state index in [1.807, 2.05) is 48.4 Å². The highest BCUT2D eigenvalue weighted by molar-refractivity contribution is 5.95. The van der Waals surface area contributed by atoms with Crippen molar-refractivity contribution in [3.63, 3.8) is 0 Å². The van der Waals surface area contributed by atoms with E-state index in [1.54, 1.807) is 6.33 Å². The lowest BCUT2D eigenvalue weighted by molar-refractivity contribution is -0.133. The van der Waals surface area contributed by atoms with Gasteiger partial charge >= 0.3 is 0 Å². The molecule has 2 aliphatic rings. The summed E-state index contributed by atoms with van der Waals surface area (Å²) in [7, 11) is 0. The molecule has 3 aromatic rings. The minimum atomic E-state index is -0.0265. The normalized spacial score (nSPS) is 17.8. The summed E-state index contributed by atoms with van der Waals surface area (Å²) >= 11 is 0. The molecule has 4 heterocycles. The van der Waals surface area contributed by atoms with Crippen LogP contribution in [0.15, 0.2) is 42.9 Å². The van der Waals surface area contributed by atoms with Crippen LogP contribution < -0.4 is 10.2 Å². The third-order valence-corrected chi connectivity index (χ3v) is 6.94. The van der Waals surface area contributed by atoms with Gasteiger partial charge in [0.1, 0.15) is 17.8 Å². The van der Waals surface area contributed by atoms with Crippen LogP contribution in [0.2, 0.25) is 0 Å². The number of piperazine rings is 1. The summed E-state index contributed by atoms with van der Waals surface area (Å²) in [5.41, 5.74) is 2.55. The summed E-state index contributed by atoms with van der Waals surface area (Å²) in [5.74, 6) is 1.10. The average Bonchev–Trinajstić information content (AvgIpc) is 3.34. The molecule has 2 fully saturated rings. The Labute approximate surface area is 199 Å². The van der Waals surface area contributed by atoms with Gasteiger partial charge in [0.2, 0.25) is 5.91 Å². The van der Waals surface area contributed by atoms with Crippen LogP contribution in [-0.2, 0) is 4.79 Å². The van der Waals surface area contributed by atoms with Gasteiger partial charge in [0.15, 0.2) is 0 Å². The highest BCUT2D eigenvalue weighted by Gasteiger charge is 2.27. The minimum Gasteiger partial charge on any atom is -0.353 e. The summed E-state index contributed by atoms with van der Waals surface area (Å²) in [6.45, 7) is 7.07. The van der Waals surface area contributed by atoms with Gasteiger partial charge < -0.3 is 20.1 Å². The van der Waals surface area contributed by atoms with Crippen molar-refractivity contribution in [2.45, 2.75) is 25.8 Å². The lowest BCUT2D eigenvalue weighted by atomic mass is 10.0. The van der Waals surface area contributed by atoms with E-state index in [4.69, 9.17) is 0 Å². The molecule has 5 rings (SSSR count). The van der Waals surface area contributed by atoms with Gasteiger partial charge in [-0.05, 0) is 37.5 Å². The maximum Gasteiger partial charge on any atom is 0.251 e. The Balaban J connectivity index is 1.07. The quantitative estimate of drug-likeness (QED) is 0.602. The first-order valence-corrected chi connectivity index (χ1v) is 12.0. The Hall–Kier alpha value is -3.46. The summed E-state index contributed by atoms with van der Waals surface area (Å²) in [4.78, 5) is 43.8. The van der Waals surface area contributed by atoms with Gasteiger partial charge in [-0.25, -0.2) is 9.97 Å². The van der Waals surface area contributed by atoms with Crippen molar-refractivity contribution in [1.82, 2.24) is 30.1 Å². The number of benzene rings is 1. The average molecular weight is 462 g/mol. The molecule has 9 nitrogen and oxygen atoms in total. The number of nitrogens with zero attached hydrogens (tertiary/aromatic N) is 5. The van der Waals surface area contributed by atoms with Gasteiger partial charge in [-0.2, -0.15) is 0 Å². The molecule has 0 bridgehead atoms. The molecule has 2 N–H and O–H groups in total. The Morgan fingerprint density at radius 1 is 1.03 bits per heavy atom. The predicted molar refractivity (Wildman–Crippen MR) is 131 cm³/mol. The predicted octanol–water partition coefficient (Wildman–Crippen LogP) is 1.81. The van der Waals surface area contributed by atoms with Crippen molar-refractivity contribution in [3.8, 4) is 0 Å². The van der Waals surface area contributed by atoms with Crippen molar-refractivity contribution >= 4 is 28.7 Å². The number of hydrogen-bond acceptors (Lipinski definition) is 6. The number of H-pyrrole nitrogens is 1. The number of carbonyl (C=O) groups is 2. The second-order valence-corrected chi connectivity index (χ2v) is 9.14. The van der Waals surface area contributed by atoms with Gasteiger partial charge in [-0.3, -0.25) is 14.5 Å². The number of piperidine rings is 1. The Kier molecular flexibility index (Phi) is 6.44. The number of aryl methyl sites for hydroxylation is 1. The van der Waals surface area contributed by atoms with Crippen LogP contribution in [-0.4, -0.2) is 88.4 Å². The molecule has 1 aromatic carbocycles. The Morgan fingerprint density at radius 3 is 2.56 bits per heavy atom. The number of carbonyl (C=O) groups excluding carboxylic acids is 2. The molecule has 0 radical (unpaired) electrons. The molecule has 0 spiro atoms. The number of aromatic amines is 1. The number of anilines is 1. The molecule has 0 aliphatic carbocycles. The summed E-state index contributed by atoms with van der Waals surface area (Å²) in [6, 6.07) is 9.74. The van der Waals surface area contributed by atoms with E-state index >= 15 is 0 Å². The zero-order chi connectivity index (χ0) is 23.5. The van der Waals surface area contributed by atoms with E-state index in [1.165, 1.54) is 0 Å². The topological polar surface area (TPSA) is 97.5 Å². The number of fused-ring (bicyclic) bond motifs is 1. The van der Waals surface area contributed by atoms with E-state index in [-0.39, 0.29) is 17.9 Å².